The summed E-state index contributed by atoms with van der Waals surface area (Å²) in [6.07, 6.45) is 2.33. The molecule has 2 rings (SSSR count). The first-order valence-electron chi connectivity index (χ1n) is 7.46. The van der Waals surface area contributed by atoms with Crippen LogP contribution in [0.2, 0.25) is 0 Å². The van der Waals surface area contributed by atoms with Crippen LogP contribution < -0.4 is 5.32 Å². The second kappa shape index (κ2) is 7.86. The number of nitro benzene ring substituents is 1. The minimum absolute atomic E-state index is 0.103. The van der Waals surface area contributed by atoms with Crippen LogP contribution in [0.15, 0.2) is 24.3 Å². The Morgan fingerprint density at radius 1 is 1.45 bits per heavy atom. The van der Waals surface area contributed by atoms with E-state index in [1.165, 1.54) is 12.1 Å². The Bertz CT molecular complexity index is 535. The van der Waals surface area contributed by atoms with Crippen LogP contribution in [-0.2, 0) is 4.79 Å². The molecule has 1 unspecified atom stereocenters. The summed E-state index contributed by atoms with van der Waals surface area (Å²) in [6, 6.07) is 6.11. The number of amides is 1. The molecule has 1 aliphatic heterocycles. The molecule has 7 nitrogen and oxygen atoms in total. The Balaban J connectivity index is 1.84. The maximum atomic E-state index is 12.0. The van der Waals surface area contributed by atoms with Gasteiger partial charge in [-0.15, -0.1) is 0 Å². The molecule has 0 radical (unpaired) electrons. The molecule has 120 valence electrons. The van der Waals surface area contributed by atoms with E-state index in [4.69, 9.17) is 0 Å². The predicted molar refractivity (Wildman–Crippen MR) is 82.6 cm³/mol. The van der Waals surface area contributed by atoms with Crippen molar-refractivity contribution in [3.63, 3.8) is 0 Å². The first-order chi connectivity index (χ1) is 10.6. The van der Waals surface area contributed by atoms with Crippen molar-refractivity contribution in [1.82, 2.24) is 4.90 Å². The third-order valence-electron chi connectivity index (χ3n) is 3.89. The maximum absolute atomic E-state index is 12.0. The summed E-state index contributed by atoms with van der Waals surface area (Å²) in [5.74, 6) is 0.0486. The molecule has 0 spiro atoms. The molecule has 2 N–H and O–H groups in total. The van der Waals surface area contributed by atoms with Crippen molar-refractivity contribution in [2.75, 3.05) is 31.6 Å². The van der Waals surface area contributed by atoms with E-state index in [1.54, 1.807) is 12.1 Å². The molecule has 1 fully saturated rings. The van der Waals surface area contributed by atoms with Gasteiger partial charge in [-0.1, -0.05) is 12.1 Å². The van der Waals surface area contributed by atoms with Gasteiger partial charge in [0.1, 0.15) is 5.69 Å². The van der Waals surface area contributed by atoms with Gasteiger partial charge < -0.3 is 15.3 Å². The number of rotatable bonds is 6. The third kappa shape index (κ3) is 4.51. The normalized spacial score (nSPS) is 18.9. The molecule has 1 atom stereocenters. The Morgan fingerprint density at radius 2 is 2.23 bits per heavy atom. The van der Waals surface area contributed by atoms with Crippen LogP contribution in [0.3, 0.4) is 0 Å². The van der Waals surface area contributed by atoms with Gasteiger partial charge in [-0.25, -0.2) is 0 Å². The average molecular weight is 307 g/mol. The summed E-state index contributed by atoms with van der Waals surface area (Å²) >= 11 is 0. The first-order valence-corrected chi connectivity index (χ1v) is 7.46. The number of nitrogens with one attached hydrogen (secondary N) is 1. The van der Waals surface area contributed by atoms with Crippen molar-refractivity contribution in [2.24, 2.45) is 5.92 Å². The lowest BCUT2D eigenvalue weighted by atomic mass is 9.99. The van der Waals surface area contributed by atoms with E-state index < -0.39 is 4.92 Å². The Labute approximate surface area is 129 Å². The molecule has 22 heavy (non-hydrogen) atoms. The van der Waals surface area contributed by atoms with E-state index in [2.05, 4.69) is 10.2 Å². The van der Waals surface area contributed by atoms with Crippen molar-refractivity contribution in [3.05, 3.63) is 34.4 Å². The van der Waals surface area contributed by atoms with Crippen molar-refractivity contribution < 1.29 is 14.8 Å². The minimum Gasteiger partial charge on any atom is -0.396 e. The van der Waals surface area contributed by atoms with Crippen LogP contribution in [0.1, 0.15) is 19.3 Å². The van der Waals surface area contributed by atoms with Gasteiger partial charge in [0.15, 0.2) is 0 Å². The highest BCUT2D eigenvalue weighted by atomic mass is 16.6. The molecule has 1 saturated heterocycles. The molecule has 0 bridgehead atoms. The predicted octanol–water partition coefficient (Wildman–Crippen LogP) is 1.63. The molecular weight excluding hydrogens is 286 g/mol. The topological polar surface area (TPSA) is 95.7 Å². The number of hydrogen-bond acceptors (Lipinski definition) is 5. The molecule has 0 saturated carbocycles. The van der Waals surface area contributed by atoms with Gasteiger partial charge in [0.05, 0.1) is 4.92 Å². The monoisotopic (exact) mass is 307 g/mol. The molecule has 1 heterocycles. The Kier molecular flexibility index (Phi) is 5.85. The summed E-state index contributed by atoms with van der Waals surface area (Å²) in [6.45, 7) is 2.51. The third-order valence-corrected chi connectivity index (χ3v) is 3.89. The fraction of sp³-hybridized carbons (Fsp3) is 0.533. The quantitative estimate of drug-likeness (QED) is 0.615. The van der Waals surface area contributed by atoms with Gasteiger partial charge in [0.2, 0.25) is 5.91 Å². The number of aliphatic hydroxyl groups is 1. The number of para-hydroxylation sites is 2. The molecule has 7 heteroatoms. The SMILES string of the molecule is O=C(CCN1CCCC(CO)C1)Nc1ccccc1[N+](=O)[O-]. The fourth-order valence-corrected chi connectivity index (χ4v) is 2.71. The van der Waals surface area contributed by atoms with Gasteiger partial charge >= 0.3 is 0 Å². The molecular formula is C15H21N3O4. The Morgan fingerprint density at radius 3 is 2.95 bits per heavy atom. The number of nitrogens with zero attached hydrogens (tertiary/aromatic N) is 2. The summed E-state index contributed by atoms with van der Waals surface area (Å²) in [7, 11) is 0. The summed E-state index contributed by atoms with van der Waals surface area (Å²) < 4.78 is 0. The highest BCUT2D eigenvalue weighted by molar-refractivity contribution is 5.93. The zero-order valence-corrected chi connectivity index (χ0v) is 12.4. The number of likely N-dealkylation sites (tertiary alicyclic amines) is 1. The van der Waals surface area contributed by atoms with Crippen LogP contribution in [0.4, 0.5) is 11.4 Å². The summed E-state index contributed by atoms with van der Waals surface area (Å²) in [5, 5.41) is 22.7. The molecule has 1 aromatic carbocycles. The van der Waals surface area contributed by atoms with Crippen molar-refractivity contribution in [2.45, 2.75) is 19.3 Å². The van der Waals surface area contributed by atoms with Gasteiger partial charge in [-0.2, -0.15) is 0 Å². The number of hydrogen-bond donors (Lipinski definition) is 2. The zero-order chi connectivity index (χ0) is 15.9. The average Bonchev–Trinajstić information content (AvgIpc) is 2.53. The van der Waals surface area contributed by atoms with E-state index in [0.29, 0.717) is 6.54 Å². The number of nitro groups is 1. The number of carbonyl (C=O) groups excluding carboxylic acids is 1. The fourth-order valence-electron chi connectivity index (χ4n) is 2.71. The van der Waals surface area contributed by atoms with E-state index in [9.17, 15) is 20.0 Å². The second-order valence-electron chi connectivity index (χ2n) is 5.56. The van der Waals surface area contributed by atoms with Crippen molar-refractivity contribution >= 4 is 17.3 Å². The van der Waals surface area contributed by atoms with Crippen LogP contribution >= 0.6 is 0 Å². The lowest BCUT2D eigenvalue weighted by Gasteiger charge is -2.31. The first kappa shape index (κ1) is 16.4. The van der Waals surface area contributed by atoms with E-state index >= 15 is 0 Å². The lowest BCUT2D eigenvalue weighted by Crippen LogP contribution is -2.38. The van der Waals surface area contributed by atoms with Gasteiger partial charge in [-0.3, -0.25) is 14.9 Å². The Hall–Kier alpha value is -1.99. The summed E-state index contributed by atoms with van der Waals surface area (Å²) in [4.78, 5) is 24.5. The smallest absolute Gasteiger partial charge is 0.292 e. The van der Waals surface area contributed by atoms with Crippen molar-refractivity contribution in [1.29, 1.82) is 0 Å². The van der Waals surface area contributed by atoms with Gasteiger partial charge in [0.25, 0.3) is 5.69 Å². The number of anilines is 1. The number of aliphatic hydroxyl groups excluding tert-OH is 1. The standard InChI is InChI=1S/C15H21N3O4/c19-11-12-4-3-8-17(10-12)9-7-15(20)16-13-5-1-2-6-14(13)18(21)22/h1-2,5-6,12,19H,3-4,7-11H2,(H,16,20). The number of carbonyl (C=O) groups is 1. The van der Waals surface area contributed by atoms with Crippen molar-refractivity contribution in [3.8, 4) is 0 Å². The molecule has 0 aromatic heterocycles. The van der Waals surface area contributed by atoms with E-state index in [1.807, 2.05) is 0 Å². The van der Waals surface area contributed by atoms with Crippen LogP contribution in [-0.4, -0.2) is 47.1 Å². The second-order valence-corrected chi connectivity index (χ2v) is 5.56. The highest BCUT2D eigenvalue weighted by Gasteiger charge is 2.20. The number of benzene rings is 1. The number of piperidine rings is 1. The molecule has 1 amide bonds. The zero-order valence-electron chi connectivity index (χ0n) is 12.4. The molecule has 1 aliphatic rings. The molecule has 1 aromatic rings. The van der Waals surface area contributed by atoms with Crippen LogP contribution in [0.5, 0.6) is 0 Å². The van der Waals surface area contributed by atoms with Crippen LogP contribution in [0, 0.1) is 16.0 Å². The maximum Gasteiger partial charge on any atom is 0.292 e. The minimum atomic E-state index is -0.508. The molecule has 0 aliphatic carbocycles. The van der Waals surface area contributed by atoms with Crippen LogP contribution in [0.25, 0.3) is 0 Å². The van der Waals surface area contributed by atoms with E-state index in [-0.39, 0.29) is 36.2 Å². The van der Waals surface area contributed by atoms with Gasteiger partial charge in [0, 0.05) is 32.2 Å². The lowest BCUT2D eigenvalue weighted by molar-refractivity contribution is -0.383. The highest BCUT2D eigenvalue weighted by Crippen LogP contribution is 2.23. The largest absolute Gasteiger partial charge is 0.396 e. The summed E-state index contributed by atoms with van der Waals surface area (Å²) in [5.41, 5.74) is 0.124. The van der Waals surface area contributed by atoms with E-state index in [0.717, 1.165) is 25.9 Å². The van der Waals surface area contributed by atoms with Gasteiger partial charge in [-0.05, 0) is 31.4 Å².